The Kier molecular flexibility index (Phi) is 2.33. The van der Waals surface area contributed by atoms with Crippen molar-refractivity contribution >= 4 is 27.4 Å². The van der Waals surface area contributed by atoms with E-state index in [1.807, 2.05) is 4.40 Å². The van der Waals surface area contributed by atoms with Crippen LogP contribution in [0.1, 0.15) is 12.6 Å². The van der Waals surface area contributed by atoms with Gasteiger partial charge in [-0.25, -0.2) is 4.98 Å². The number of fused-ring (bicyclic) bond motifs is 1. The largest absolute Gasteiger partial charge is 0.300 e. The number of carbonyl (C=O) groups excluding carboxylic acids is 1. The first-order valence-corrected chi connectivity index (χ1v) is 4.93. The molecule has 0 saturated heterocycles. The van der Waals surface area contributed by atoms with Gasteiger partial charge in [0.25, 0.3) is 0 Å². The summed E-state index contributed by atoms with van der Waals surface area (Å²) in [6, 6.07) is 0. The van der Waals surface area contributed by atoms with Crippen molar-refractivity contribution in [3.63, 3.8) is 0 Å². The van der Waals surface area contributed by atoms with Gasteiger partial charge in [-0.05, 0) is 22.9 Å². The molecule has 0 aliphatic carbocycles. The maximum atomic E-state index is 11.0. The molecule has 0 aromatic carbocycles. The minimum Gasteiger partial charge on any atom is -0.300 e. The summed E-state index contributed by atoms with van der Waals surface area (Å²) in [4.78, 5) is 19.2. The summed E-state index contributed by atoms with van der Waals surface area (Å²) >= 11 is 3.40. The number of hydrogen-bond donors (Lipinski definition) is 0. The third-order valence-corrected chi connectivity index (χ3v) is 2.69. The van der Waals surface area contributed by atoms with Gasteiger partial charge >= 0.3 is 0 Å². The van der Waals surface area contributed by atoms with Gasteiger partial charge in [-0.2, -0.15) is 0 Å². The fourth-order valence-electron chi connectivity index (χ4n) is 1.27. The fourth-order valence-corrected chi connectivity index (χ4v) is 1.80. The molecule has 5 heteroatoms. The van der Waals surface area contributed by atoms with E-state index in [2.05, 4.69) is 25.9 Å². The zero-order chi connectivity index (χ0) is 10.1. The topological polar surface area (TPSA) is 47.3 Å². The summed E-state index contributed by atoms with van der Waals surface area (Å²) in [5, 5.41) is 0. The highest BCUT2D eigenvalue weighted by Crippen LogP contribution is 2.18. The first-order valence-electron chi connectivity index (χ1n) is 4.14. The van der Waals surface area contributed by atoms with Crippen LogP contribution >= 0.6 is 15.9 Å². The summed E-state index contributed by atoms with van der Waals surface area (Å²) in [5.74, 6) is 0.0991. The molecule has 0 saturated carbocycles. The normalized spacial score (nSPS) is 10.7. The summed E-state index contributed by atoms with van der Waals surface area (Å²) in [7, 11) is 0. The van der Waals surface area contributed by atoms with E-state index in [9.17, 15) is 4.79 Å². The lowest BCUT2D eigenvalue weighted by Crippen LogP contribution is -1.97. The molecule has 0 aliphatic rings. The first-order chi connectivity index (χ1) is 6.68. The Labute approximate surface area is 89.1 Å². The lowest BCUT2D eigenvalue weighted by atomic mass is 10.2. The average Bonchev–Trinajstić information content (AvgIpc) is 2.44. The molecule has 2 aromatic heterocycles. The molecule has 0 fully saturated rings. The van der Waals surface area contributed by atoms with E-state index in [4.69, 9.17) is 0 Å². The lowest BCUT2D eigenvalue weighted by Gasteiger charge is -1.93. The number of hydrogen-bond acceptors (Lipinski definition) is 3. The molecule has 0 aliphatic heterocycles. The minimum absolute atomic E-state index is 0.0991. The monoisotopic (exact) mass is 253 g/mol. The molecule has 0 bridgehead atoms. The number of rotatable bonds is 2. The van der Waals surface area contributed by atoms with E-state index >= 15 is 0 Å². The summed E-state index contributed by atoms with van der Waals surface area (Å²) in [6.45, 7) is 1.55. The van der Waals surface area contributed by atoms with Crippen molar-refractivity contribution in [3.8, 4) is 0 Å². The number of nitrogens with zero attached hydrogens (tertiary/aromatic N) is 3. The smallest absolute Gasteiger partial charge is 0.156 e. The van der Waals surface area contributed by atoms with Crippen LogP contribution in [0.3, 0.4) is 0 Å². The third kappa shape index (κ3) is 1.55. The molecule has 0 radical (unpaired) electrons. The van der Waals surface area contributed by atoms with Gasteiger partial charge in [-0.1, -0.05) is 0 Å². The molecule has 4 nitrogen and oxygen atoms in total. The van der Waals surface area contributed by atoms with Crippen molar-refractivity contribution in [2.45, 2.75) is 13.3 Å². The number of halogens is 1. The van der Waals surface area contributed by atoms with Gasteiger partial charge in [0, 0.05) is 12.4 Å². The van der Waals surface area contributed by atoms with Gasteiger partial charge in [0.05, 0.1) is 18.3 Å². The highest BCUT2D eigenvalue weighted by atomic mass is 79.9. The lowest BCUT2D eigenvalue weighted by molar-refractivity contribution is -0.116. The summed E-state index contributed by atoms with van der Waals surface area (Å²) in [5.41, 5.74) is 1.50. The van der Waals surface area contributed by atoms with Crippen LogP contribution in [0.25, 0.3) is 5.65 Å². The number of imidazole rings is 1. The third-order valence-electron chi connectivity index (χ3n) is 1.85. The van der Waals surface area contributed by atoms with Gasteiger partial charge < -0.3 is 0 Å². The molecule has 14 heavy (non-hydrogen) atoms. The van der Waals surface area contributed by atoms with Gasteiger partial charge in [-0.15, -0.1) is 0 Å². The Morgan fingerprint density at radius 1 is 1.64 bits per heavy atom. The van der Waals surface area contributed by atoms with Gasteiger partial charge in [0.2, 0.25) is 0 Å². The molecule has 0 unspecified atom stereocenters. The minimum atomic E-state index is 0.0991. The highest BCUT2D eigenvalue weighted by molar-refractivity contribution is 9.10. The summed E-state index contributed by atoms with van der Waals surface area (Å²) in [6.07, 6.45) is 5.49. The van der Waals surface area contributed by atoms with Crippen molar-refractivity contribution in [2.24, 2.45) is 0 Å². The average molecular weight is 254 g/mol. The van der Waals surface area contributed by atoms with Crippen LogP contribution in [0.5, 0.6) is 0 Å². The van der Waals surface area contributed by atoms with E-state index in [0.29, 0.717) is 6.42 Å². The van der Waals surface area contributed by atoms with Crippen LogP contribution in [-0.4, -0.2) is 20.2 Å². The van der Waals surface area contributed by atoms with Gasteiger partial charge in [0.1, 0.15) is 10.4 Å². The Hall–Kier alpha value is -1.23. The SMILES string of the molecule is CC(=O)Cc1nc2cnccn2c1Br. The zero-order valence-corrected chi connectivity index (χ0v) is 9.15. The van der Waals surface area contributed by atoms with Crippen molar-refractivity contribution in [2.75, 3.05) is 0 Å². The highest BCUT2D eigenvalue weighted by Gasteiger charge is 2.10. The molecule has 2 aromatic rings. The second-order valence-corrected chi connectivity index (χ2v) is 3.78. The van der Waals surface area contributed by atoms with Crippen molar-refractivity contribution in [1.29, 1.82) is 0 Å². The zero-order valence-electron chi connectivity index (χ0n) is 7.57. The van der Waals surface area contributed by atoms with Crippen molar-refractivity contribution in [3.05, 3.63) is 28.9 Å². The number of carbonyl (C=O) groups is 1. The molecular weight excluding hydrogens is 246 g/mol. The van der Waals surface area contributed by atoms with Crippen LogP contribution in [0, 0.1) is 0 Å². The maximum absolute atomic E-state index is 11.0. The molecule has 72 valence electrons. The Balaban J connectivity index is 2.57. The maximum Gasteiger partial charge on any atom is 0.156 e. The quantitative estimate of drug-likeness (QED) is 0.818. The van der Waals surface area contributed by atoms with Crippen molar-refractivity contribution in [1.82, 2.24) is 14.4 Å². The predicted octanol–water partition coefficient (Wildman–Crippen LogP) is 1.62. The second kappa shape index (κ2) is 3.49. The Morgan fingerprint density at radius 3 is 3.07 bits per heavy atom. The van der Waals surface area contributed by atoms with Crippen LogP contribution in [-0.2, 0) is 11.2 Å². The fraction of sp³-hybridized carbons (Fsp3) is 0.222. The molecule has 2 rings (SSSR count). The number of aromatic nitrogens is 3. The first kappa shape index (κ1) is 9.33. The summed E-state index contributed by atoms with van der Waals surface area (Å²) < 4.78 is 2.68. The number of ketones is 1. The number of Topliss-reactive ketones (excluding diaryl/α,β-unsaturated/α-hetero) is 1. The molecule has 0 spiro atoms. The Bertz CT molecular complexity index is 492. The van der Waals surface area contributed by atoms with Crippen LogP contribution in [0.4, 0.5) is 0 Å². The standard InChI is InChI=1S/C9H8BrN3O/c1-6(14)4-7-9(10)13-3-2-11-5-8(13)12-7/h2-3,5H,4H2,1H3. The van der Waals surface area contributed by atoms with Crippen LogP contribution in [0.2, 0.25) is 0 Å². The molecular formula is C9H8BrN3O. The van der Waals surface area contributed by atoms with Gasteiger partial charge in [0.15, 0.2) is 5.65 Å². The van der Waals surface area contributed by atoms with E-state index < -0.39 is 0 Å². The van der Waals surface area contributed by atoms with E-state index in [-0.39, 0.29) is 5.78 Å². The second-order valence-electron chi connectivity index (χ2n) is 3.03. The van der Waals surface area contributed by atoms with E-state index in [1.54, 1.807) is 25.5 Å². The molecule has 0 atom stereocenters. The molecule has 0 amide bonds. The molecule has 0 N–H and O–H groups in total. The van der Waals surface area contributed by atoms with Crippen molar-refractivity contribution < 1.29 is 4.79 Å². The predicted molar refractivity (Wildman–Crippen MR) is 55.1 cm³/mol. The molecule has 2 heterocycles. The van der Waals surface area contributed by atoms with E-state index in [1.165, 1.54) is 0 Å². The van der Waals surface area contributed by atoms with E-state index in [0.717, 1.165) is 15.9 Å². The Morgan fingerprint density at radius 2 is 2.43 bits per heavy atom. The van der Waals surface area contributed by atoms with Crippen LogP contribution < -0.4 is 0 Å². The van der Waals surface area contributed by atoms with Gasteiger partial charge in [-0.3, -0.25) is 14.2 Å². The van der Waals surface area contributed by atoms with Crippen LogP contribution in [0.15, 0.2) is 23.2 Å².